The molecular weight excluding hydrogens is 278 g/mol. The van der Waals surface area contributed by atoms with Crippen molar-refractivity contribution in [1.82, 2.24) is 0 Å². The second kappa shape index (κ2) is 6.25. The van der Waals surface area contributed by atoms with E-state index in [0.29, 0.717) is 5.56 Å². The molecular formula is C18H15NO3. The Bertz CT molecular complexity index is 739. The summed E-state index contributed by atoms with van der Waals surface area (Å²) in [6.45, 7) is 1.99. The van der Waals surface area contributed by atoms with Gasteiger partial charge in [-0.3, -0.25) is 10.1 Å². The fraction of sp³-hybridized carbons (Fsp3) is 0.111. The smallest absolute Gasteiger partial charge is 0.269 e. The lowest BCUT2D eigenvalue weighted by molar-refractivity contribution is -0.384. The maximum atomic E-state index is 10.7. The van der Waals surface area contributed by atoms with Crippen molar-refractivity contribution in [2.75, 3.05) is 0 Å². The van der Waals surface area contributed by atoms with Crippen LogP contribution in [0.3, 0.4) is 0 Å². The van der Waals surface area contributed by atoms with Crippen molar-refractivity contribution in [1.29, 1.82) is 0 Å². The zero-order chi connectivity index (χ0) is 16.2. The Kier molecular flexibility index (Phi) is 4.40. The highest BCUT2D eigenvalue weighted by molar-refractivity contribution is 5.54. The summed E-state index contributed by atoms with van der Waals surface area (Å²) in [6.07, 6.45) is 8.66. The van der Waals surface area contributed by atoms with Crippen LogP contribution < -0.4 is 0 Å². The Morgan fingerprint density at radius 1 is 1.18 bits per heavy atom. The summed E-state index contributed by atoms with van der Waals surface area (Å²) in [7, 11) is 0. The fourth-order valence-electron chi connectivity index (χ4n) is 1.96. The zero-order valence-corrected chi connectivity index (χ0v) is 12.1. The molecule has 1 N–H and O–H groups in total. The van der Waals surface area contributed by atoms with E-state index in [9.17, 15) is 15.2 Å². The van der Waals surface area contributed by atoms with Crippen LogP contribution in [-0.4, -0.2) is 10.0 Å². The van der Waals surface area contributed by atoms with Crippen LogP contribution in [0.2, 0.25) is 0 Å². The largest absolute Gasteiger partial charge is 0.370 e. The van der Waals surface area contributed by atoms with Crippen molar-refractivity contribution in [3.63, 3.8) is 0 Å². The summed E-state index contributed by atoms with van der Waals surface area (Å²) in [4.78, 5) is 10.2. The third-order valence-corrected chi connectivity index (χ3v) is 3.33. The summed E-state index contributed by atoms with van der Waals surface area (Å²) >= 11 is 0. The molecule has 0 bridgehead atoms. The van der Waals surface area contributed by atoms with Crippen LogP contribution in [0, 0.1) is 29.4 Å². The molecule has 1 atom stereocenters. The first-order valence-corrected chi connectivity index (χ1v) is 6.65. The van der Waals surface area contributed by atoms with E-state index in [1.54, 1.807) is 6.08 Å². The van der Waals surface area contributed by atoms with Crippen molar-refractivity contribution in [2.24, 2.45) is 0 Å². The number of non-ortho nitro benzene ring substituents is 1. The van der Waals surface area contributed by atoms with Crippen molar-refractivity contribution >= 4 is 11.8 Å². The summed E-state index contributed by atoms with van der Waals surface area (Å²) in [5.74, 6) is 2.32. The number of hydrogen-bond donors (Lipinski definition) is 1. The number of rotatable bonds is 4. The predicted octanol–water partition coefficient (Wildman–Crippen LogP) is 3.44. The minimum atomic E-state index is -1.61. The van der Waals surface area contributed by atoms with Crippen LogP contribution in [-0.2, 0) is 5.60 Å². The molecule has 4 nitrogen and oxygen atoms in total. The maximum absolute atomic E-state index is 10.7. The average molecular weight is 293 g/mol. The van der Waals surface area contributed by atoms with Crippen molar-refractivity contribution < 1.29 is 10.0 Å². The van der Waals surface area contributed by atoms with E-state index < -0.39 is 10.5 Å². The van der Waals surface area contributed by atoms with Crippen LogP contribution in [0.5, 0.6) is 0 Å². The number of terminal acetylenes is 1. The maximum Gasteiger partial charge on any atom is 0.269 e. The van der Waals surface area contributed by atoms with E-state index in [-0.39, 0.29) is 5.69 Å². The van der Waals surface area contributed by atoms with E-state index in [0.717, 1.165) is 11.1 Å². The molecule has 0 saturated heterocycles. The van der Waals surface area contributed by atoms with Gasteiger partial charge in [0.2, 0.25) is 0 Å². The normalized spacial score (nSPS) is 13.5. The van der Waals surface area contributed by atoms with Gasteiger partial charge in [-0.2, -0.15) is 0 Å². The van der Waals surface area contributed by atoms with E-state index in [1.165, 1.54) is 30.3 Å². The molecule has 0 aliphatic carbocycles. The van der Waals surface area contributed by atoms with Gasteiger partial charge in [0.25, 0.3) is 5.69 Å². The van der Waals surface area contributed by atoms with E-state index in [2.05, 4.69) is 5.92 Å². The number of nitro groups is 1. The van der Waals surface area contributed by atoms with Gasteiger partial charge < -0.3 is 5.11 Å². The molecule has 110 valence electrons. The quantitative estimate of drug-likeness (QED) is 0.533. The van der Waals surface area contributed by atoms with Crippen LogP contribution in [0.1, 0.15) is 16.7 Å². The van der Waals surface area contributed by atoms with Crippen LogP contribution in [0.15, 0.2) is 54.6 Å². The third-order valence-electron chi connectivity index (χ3n) is 3.33. The number of aryl methyl sites for hydroxylation is 1. The SMILES string of the molecule is C#CC(O)(/C=C/c1ccc(C)cc1)c1ccc([N+](=O)[O-])cc1. The first kappa shape index (κ1) is 15.5. The Balaban J connectivity index is 2.30. The molecule has 0 aromatic heterocycles. The summed E-state index contributed by atoms with van der Waals surface area (Å²) in [6, 6.07) is 13.3. The molecule has 0 fully saturated rings. The van der Waals surface area contributed by atoms with Crippen LogP contribution in [0.4, 0.5) is 5.69 Å². The number of nitrogens with zero attached hydrogens (tertiary/aromatic N) is 1. The number of hydrogen-bond acceptors (Lipinski definition) is 3. The Hall–Kier alpha value is -2.90. The summed E-state index contributed by atoms with van der Waals surface area (Å²) in [5.41, 5.74) is 0.788. The molecule has 0 radical (unpaired) electrons. The second-order valence-corrected chi connectivity index (χ2v) is 4.96. The van der Waals surface area contributed by atoms with Crippen LogP contribution >= 0.6 is 0 Å². The van der Waals surface area contributed by atoms with E-state index >= 15 is 0 Å². The molecule has 0 spiro atoms. The lowest BCUT2D eigenvalue weighted by Gasteiger charge is -2.18. The average Bonchev–Trinajstić information content (AvgIpc) is 2.54. The molecule has 0 amide bonds. The Labute approximate surface area is 128 Å². The van der Waals surface area contributed by atoms with Gasteiger partial charge in [0.1, 0.15) is 0 Å². The zero-order valence-electron chi connectivity index (χ0n) is 12.1. The lowest BCUT2D eigenvalue weighted by Crippen LogP contribution is -2.20. The van der Waals surface area contributed by atoms with Crippen molar-refractivity contribution in [3.8, 4) is 12.3 Å². The lowest BCUT2D eigenvalue weighted by atomic mass is 9.93. The molecule has 4 heteroatoms. The van der Waals surface area contributed by atoms with Gasteiger partial charge in [-0.15, -0.1) is 6.42 Å². The molecule has 2 rings (SSSR count). The second-order valence-electron chi connectivity index (χ2n) is 4.96. The molecule has 2 aromatic rings. The summed E-state index contributed by atoms with van der Waals surface area (Å²) < 4.78 is 0. The van der Waals surface area contributed by atoms with Gasteiger partial charge in [0, 0.05) is 17.7 Å². The molecule has 0 aliphatic rings. The van der Waals surface area contributed by atoms with E-state index in [1.807, 2.05) is 31.2 Å². The monoisotopic (exact) mass is 293 g/mol. The highest BCUT2D eigenvalue weighted by Gasteiger charge is 2.23. The molecule has 0 heterocycles. The molecule has 0 aliphatic heterocycles. The van der Waals surface area contributed by atoms with E-state index in [4.69, 9.17) is 6.42 Å². The third kappa shape index (κ3) is 3.40. The fourth-order valence-corrected chi connectivity index (χ4v) is 1.96. The van der Waals surface area contributed by atoms with Gasteiger partial charge in [0.05, 0.1) is 4.92 Å². The predicted molar refractivity (Wildman–Crippen MR) is 86.0 cm³/mol. The van der Waals surface area contributed by atoms with Crippen molar-refractivity contribution in [3.05, 3.63) is 81.4 Å². The molecule has 22 heavy (non-hydrogen) atoms. The number of aliphatic hydroxyl groups is 1. The van der Waals surface area contributed by atoms with Gasteiger partial charge in [-0.1, -0.05) is 41.8 Å². The van der Waals surface area contributed by atoms with Gasteiger partial charge >= 0.3 is 0 Å². The Morgan fingerprint density at radius 2 is 1.77 bits per heavy atom. The highest BCUT2D eigenvalue weighted by atomic mass is 16.6. The first-order chi connectivity index (χ1) is 10.4. The van der Waals surface area contributed by atoms with Gasteiger partial charge in [0.15, 0.2) is 5.60 Å². The first-order valence-electron chi connectivity index (χ1n) is 6.65. The standard InChI is InChI=1S/C18H15NO3/c1-3-18(20,13-12-15-6-4-14(2)5-7-15)16-8-10-17(11-9-16)19(21)22/h1,4-13,20H,2H3/b13-12+. The highest BCUT2D eigenvalue weighted by Crippen LogP contribution is 2.25. The van der Waals surface area contributed by atoms with Gasteiger partial charge in [-0.25, -0.2) is 0 Å². The van der Waals surface area contributed by atoms with Crippen LogP contribution in [0.25, 0.3) is 6.08 Å². The minimum absolute atomic E-state index is 0.0503. The molecule has 0 saturated carbocycles. The topological polar surface area (TPSA) is 63.4 Å². The number of benzene rings is 2. The Morgan fingerprint density at radius 3 is 2.27 bits per heavy atom. The molecule has 1 unspecified atom stereocenters. The molecule has 2 aromatic carbocycles. The summed E-state index contributed by atoms with van der Waals surface area (Å²) in [5, 5.41) is 21.2. The van der Waals surface area contributed by atoms with Gasteiger partial charge in [-0.05, 0) is 30.7 Å². The number of nitro benzene ring substituents is 1. The van der Waals surface area contributed by atoms with Crippen molar-refractivity contribution in [2.45, 2.75) is 12.5 Å². The minimum Gasteiger partial charge on any atom is -0.370 e.